The van der Waals surface area contributed by atoms with Crippen molar-refractivity contribution in [3.05, 3.63) is 64.9 Å². The lowest BCUT2D eigenvalue weighted by atomic mass is 10.1. The lowest BCUT2D eigenvalue weighted by Gasteiger charge is -2.17. The molecule has 0 spiro atoms. The van der Waals surface area contributed by atoms with E-state index in [0.717, 1.165) is 5.56 Å². The van der Waals surface area contributed by atoms with Crippen LogP contribution in [-0.4, -0.2) is 9.97 Å². The highest BCUT2D eigenvalue weighted by Crippen LogP contribution is 2.27. The number of para-hydroxylation sites is 1. The van der Waals surface area contributed by atoms with Crippen LogP contribution in [0.15, 0.2) is 48.5 Å². The van der Waals surface area contributed by atoms with Crippen LogP contribution in [0.4, 0.5) is 14.6 Å². The van der Waals surface area contributed by atoms with E-state index in [1.165, 1.54) is 0 Å². The summed E-state index contributed by atoms with van der Waals surface area (Å²) in [4.78, 5) is 7.89. The number of anilines is 1. The van der Waals surface area contributed by atoms with Crippen molar-refractivity contribution in [3.8, 4) is 0 Å². The van der Waals surface area contributed by atoms with Crippen LogP contribution in [0.2, 0.25) is 5.02 Å². The monoisotopic (exact) mass is 333 g/mol. The molecule has 118 valence electrons. The van der Waals surface area contributed by atoms with E-state index in [2.05, 4.69) is 15.3 Å². The van der Waals surface area contributed by atoms with Crippen LogP contribution in [0.3, 0.4) is 0 Å². The maximum Gasteiger partial charge on any atom is 0.297 e. The molecule has 0 aliphatic rings. The van der Waals surface area contributed by atoms with Gasteiger partial charge in [-0.05, 0) is 36.8 Å². The number of hydrogen-bond donors (Lipinski definition) is 1. The van der Waals surface area contributed by atoms with Crippen LogP contribution in [0.5, 0.6) is 0 Å². The van der Waals surface area contributed by atoms with Crippen LogP contribution in [0, 0.1) is 0 Å². The molecule has 0 amide bonds. The van der Waals surface area contributed by atoms with E-state index in [4.69, 9.17) is 11.6 Å². The fraction of sp³-hybridized carbons (Fsp3) is 0.176. The molecular weight excluding hydrogens is 320 g/mol. The number of hydrogen-bond acceptors (Lipinski definition) is 3. The van der Waals surface area contributed by atoms with Gasteiger partial charge >= 0.3 is 0 Å². The van der Waals surface area contributed by atoms with E-state index in [0.29, 0.717) is 21.7 Å². The number of aromatic nitrogens is 2. The van der Waals surface area contributed by atoms with Gasteiger partial charge in [0.05, 0.1) is 5.52 Å². The van der Waals surface area contributed by atoms with Crippen LogP contribution in [0.25, 0.3) is 10.9 Å². The van der Waals surface area contributed by atoms with Gasteiger partial charge in [0, 0.05) is 16.5 Å². The van der Waals surface area contributed by atoms with Gasteiger partial charge in [-0.1, -0.05) is 35.9 Å². The van der Waals surface area contributed by atoms with Gasteiger partial charge in [-0.3, -0.25) is 0 Å². The quantitative estimate of drug-likeness (QED) is 0.695. The Morgan fingerprint density at radius 2 is 1.70 bits per heavy atom. The molecule has 3 aromatic rings. The van der Waals surface area contributed by atoms with Crippen molar-refractivity contribution in [2.45, 2.75) is 19.4 Å². The molecule has 0 aliphatic heterocycles. The molecule has 3 rings (SSSR count). The Bertz CT molecular complexity index is 822. The average Bonchev–Trinajstić information content (AvgIpc) is 2.55. The summed E-state index contributed by atoms with van der Waals surface area (Å²) >= 11 is 5.89. The van der Waals surface area contributed by atoms with Crippen LogP contribution in [-0.2, 0) is 0 Å². The third-order valence-electron chi connectivity index (χ3n) is 3.54. The van der Waals surface area contributed by atoms with Gasteiger partial charge in [0.25, 0.3) is 6.43 Å². The molecule has 0 radical (unpaired) electrons. The molecule has 6 heteroatoms. The summed E-state index contributed by atoms with van der Waals surface area (Å²) in [5.74, 6) is -0.0807. The van der Waals surface area contributed by atoms with Crippen molar-refractivity contribution in [3.63, 3.8) is 0 Å². The van der Waals surface area contributed by atoms with Crippen molar-refractivity contribution in [2.75, 3.05) is 5.32 Å². The minimum absolute atomic E-state index is 0.115. The first-order valence-corrected chi connectivity index (χ1v) is 7.49. The summed E-state index contributed by atoms with van der Waals surface area (Å²) in [6.07, 6.45) is -2.72. The number of rotatable bonds is 4. The smallest absolute Gasteiger partial charge is 0.297 e. The van der Waals surface area contributed by atoms with E-state index < -0.39 is 12.2 Å². The van der Waals surface area contributed by atoms with Gasteiger partial charge in [0.15, 0.2) is 5.82 Å². The zero-order valence-electron chi connectivity index (χ0n) is 12.3. The third kappa shape index (κ3) is 3.40. The molecule has 1 N–H and O–H groups in total. The Morgan fingerprint density at radius 3 is 2.39 bits per heavy atom. The summed E-state index contributed by atoms with van der Waals surface area (Å²) in [6, 6.07) is 14.3. The fourth-order valence-corrected chi connectivity index (χ4v) is 2.47. The lowest BCUT2D eigenvalue weighted by Crippen LogP contribution is -2.10. The molecule has 0 fully saturated rings. The predicted octanol–water partition coefficient (Wildman–Crippen LogP) is 5.39. The Kier molecular flexibility index (Phi) is 4.39. The summed E-state index contributed by atoms with van der Waals surface area (Å²) in [5, 5.41) is 4.54. The highest BCUT2D eigenvalue weighted by molar-refractivity contribution is 6.30. The Morgan fingerprint density at radius 1 is 1.00 bits per heavy atom. The molecule has 1 atom stereocenters. The molecule has 1 unspecified atom stereocenters. The lowest BCUT2D eigenvalue weighted by molar-refractivity contribution is 0.141. The highest BCUT2D eigenvalue weighted by Gasteiger charge is 2.16. The first-order chi connectivity index (χ1) is 11.0. The maximum atomic E-state index is 13.0. The Hall–Kier alpha value is -2.27. The van der Waals surface area contributed by atoms with E-state index in [9.17, 15) is 8.78 Å². The van der Waals surface area contributed by atoms with Crippen molar-refractivity contribution < 1.29 is 8.78 Å². The summed E-state index contributed by atoms with van der Waals surface area (Å²) in [7, 11) is 0. The molecule has 3 nitrogen and oxygen atoms in total. The minimum Gasteiger partial charge on any atom is -0.363 e. The SMILES string of the molecule is CC(Nc1nc(C(F)F)nc2ccccc12)c1ccc(Cl)cc1. The second-order valence-electron chi connectivity index (χ2n) is 5.17. The van der Waals surface area contributed by atoms with Crippen molar-refractivity contribution >= 4 is 28.3 Å². The average molecular weight is 334 g/mol. The minimum atomic E-state index is -2.72. The standard InChI is InChI=1S/C17H14ClF2N3/c1-10(11-6-8-12(18)9-7-11)21-16-13-4-2-3-5-14(13)22-17(23-16)15(19)20/h2-10,15H,1H3,(H,21,22,23). The second-order valence-corrected chi connectivity index (χ2v) is 5.60. The zero-order chi connectivity index (χ0) is 16.4. The number of halogens is 3. The van der Waals surface area contributed by atoms with Gasteiger partial charge in [-0.2, -0.15) is 0 Å². The maximum absolute atomic E-state index is 13.0. The van der Waals surface area contributed by atoms with Crippen LogP contribution < -0.4 is 5.32 Å². The van der Waals surface area contributed by atoms with E-state index in [-0.39, 0.29) is 6.04 Å². The van der Waals surface area contributed by atoms with Gasteiger partial charge < -0.3 is 5.32 Å². The van der Waals surface area contributed by atoms with Crippen molar-refractivity contribution in [1.29, 1.82) is 0 Å². The number of alkyl halides is 2. The molecule has 1 heterocycles. The molecule has 1 aromatic heterocycles. The van der Waals surface area contributed by atoms with Crippen molar-refractivity contribution in [2.24, 2.45) is 0 Å². The molecule has 0 bridgehead atoms. The van der Waals surface area contributed by atoms with Gasteiger partial charge in [0.1, 0.15) is 5.82 Å². The molecule has 0 saturated heterocycles. The summed E-state index contributed by atoms with van der Waals surface area (Å²) in [5.41, 5.74) is 1.47. The number of fused-ring (bicyclic) bond motifs is 1. The largest absolute Gasteiger partial charge is 0.363 e. The van der Waals surface area contributed by atoms with Crippen LogP contribution >= 0.6 is 11.6 Å². The Balaban J connectivity index is 1.99. The Labute approximate surface area is 137 Å². The summed E-state index contributed by atoms with van der Waals surface area (Å²) in [6.45, 7) is 1.93. The topological polar surface area (TPSA) is 37.8 Å². The molecular formula is C17H14ClF2N3. The van der Waals surface area contributed by atoms with Gasteiger partial charge in [-0.15, -0.1) is 0 Å². The fourth-order valence-electron chi connectivity index (χ4n) is 2.34. The zero-order valence-corrected chi connectivity index (χ0v) is 13.1. The molecule has 0 saturated carbocycles. The number of nitrogens with one attached hydrogen (secondary N) is 1. The predicted molar refractivity (Wildman–Crippen MR) is 88.0 cm³/mol. The first kappa shape index (κ1) is 15.6. The second kappa shape index (κ2) is 6.46. The van der Waals surface area contributed by atoms with Gasteiger partial charge in [-0.25, -0.2) is 18.7 Å². The first-order valence-electron chi connectivity index (χ1n) is 7.11. The van der Waals surface area contributed by atoms with Gasteiger partial charge in [0.2, 0.25) is 0 Å². The third-order valence-corrected chi connectivity index (χ3v) is 3.79. The van der Waals surface area contributed by atoms with E-state index >= 15 is 0 Å². The highest BCUT2D eigenvalue weighted by atomic mass is 35.5. The van der Waals surface area contributed by atoms with E-state index in [1.54, 1.807) is 24.3 Å². The van der Waals surface area contributed by atoms with E-state index in [1.807, 2.05) is 31.2 Å². The molecule has 2 aromatic carbocycles. The summed E-state index contributed by atoms with van der Waals surface area (Å²) < 4.78 is 26.0. The molecule has 23 heavy (non-hydrogen) atoms. The van der Waals surface area contributed by atoms with Crippen molar-refractivity contribution in [1.82, 2.24) is 9.97 Å². The normalized spacial score (nSPS) is 12.6. The van der Waals surface area contributed by atoms with Crippen LogP contribution in [0.1, 0.15) is 30.8 Å². The number of benzene rings is 2. The molecule has 0 aliphatic carbocycles. The number of nitrogens with zero attached hydrogens (tertiary/aromatic N) is 2.